The Hall–Kier alpha value is -1.84. The molecule has 8 heteroatoms. The summed E-state index contributed by atoms with van der Waals surface area (Å²) in [7, 11) is 0. The largest absolute Gasteiger partial charge is 0.392 e. The first-order valence-corrected chi connectivity index (χ1v) is 12.1. The summed E-state index contributed by atoms with van der Waals surface area (Å²) in [5.74, 6) is -2.26. The van der Waals surface area contributed by atoms with Gasteiger partial charge >= 0.3 is 0 Å². The Morgan fingerprint density at radius 2 is 1.91 bits per heavy atom. The molecule has 5 fully saturated rings. The minimum absolute atomic E-state index is 0.173. The molecule has 176 valence electrons. The molecule has 3 saturated carbocycles. The summed E-state index contributed by atoms with van der Waals surface area (Å²) in [5.41, 5.74) is -0.318. The monoisotopic (exact) mass is 453 g/mol. The quantitative estimate of drug-likeness (QED) is 0.442. The fraction of sp³-hybridized carbons (Fsp3) is 0.680. The van der Waals surface area contributed by atoms with Crippen molar-refractivity contribution in [1.29, 1.82) is 0 Å². The van der Waals surface area contributed by atoms with E-state index in [2.05, 4.69) is 23.8 Å². The molecule has 2 aromatic rings. The first kappa shape index (κ1) is 20.5. The number of fused-ring (bicyclic) bond motifs is 4. The number of imidazole rings is 1. The van der Waals surface area contributed by atoms with Crippen LogP contribution in [0.3, 0.4) is 0 Å². The summed E-state index contributed by atoms with van der Waals surface area (Å²) in [5, 5.41) is 47.3. The van der Waals surface area contributed by atoms with Crippen LogP contribution in [0.1, 0.15) is 56.8 Å². The lowest BCUT2D eigenvalue weighted by Gasteiger charge is -2.75. The predicted molar refractivity (Wildman–Crippen MR) is 117 cm³/mol. The second kappa shape index (κ2) is 6.04. The molecule has 5 N–H and O–H groups in total. The normalized spacial score (nSPS) is 48.8. The Balaban J connectivity index is 1.49. The van der Waals surface area contributed by atoms with Gasteiger partial charge in [-0.3, -0.25) is 4.98 Å². The Labute approximate surface area is 192 Å². The van der Waals surface area contributed by atoms with Gasteiger partial charge in [0.15, 0.2) is 5.82 Å². The molecule has 2 spiro atoms. The Bertz CT molecular complexity index is 1140. The van der Waals surface area contributed by atoms with E-state index >= 15 is 0 Å². The molecule has 3 unspecified atom stereocenters. The van der Waals surface area contributed by atoms with Crippen LogP contribution < -0.4 is 0 Å². The van der Waals surface area contributed by atoms with Crippen LogP contribution in [-0.4, -0.2) is 66.1 Å². The zero-order valence-electron chi connectivity index (χ0n) is 18.9. The van der Waals surface area contributed by atoms with E-state index in [0.29, 0.717) is 23.6 Å². The van der Waals surface area contributed by atoms with Gasteiger partial charge in [0, 0.05) is 29.1 Å². The van der Waals surface area contributed by atoms with Gasteiger partial charge < -0.3 is 30.1 Å². The maximum Gasteiger partial charge on any atom is 0.206 e. The lowest BCUT2D eigenvalue weighted by Crippen LogP contribution is -2.86. The van der Waals surface area contributed by atoms with Crippen molar-refractivity contribution in [3.8, 4) is 11.5 Å². The van der Waals surface area contributed by atoms with Gasteiger partial charge in [-0.05, 0) is 49.1 Å². The number of nitrogens with zero attached hydrogens (tertiary/aromatic N) is 2. The Morgan fingerprint density at radius 1 is 1.09 bits per heavy atom. The number of aromatic amines is 1. The van der Waals surface area contributed by atoms with Crippen LogP contribution in [-0.2, 0) is 10.2 Å². The molecule has 8 rings (SSSR count). The number of nitrogens with one attached hydrogen (secondary N) is 1. The van der Waals surface area contributed by atoms with Crippen molar-refractivity contribution in [1.82, 2.24) is 15.0 Å². The summed E-state index contributed by atoms with van der Waals surface area (Å²) < 4.78 is 6.15. The molecule has 6 aliphatic rings. The van der Waals surface area contributed by atoms with Crippen molar-refractivity contribution in [2.45, 2.75) is 75.0 Å². The van der Waals surface area contributed by atoms with E-state index in [4.69, 9.17) is 9.72 Å². The average molecular weight is 454 g/mol. The van der Waals surface area contributed by atoms with Gasteiger partial charge in [0.05, 0.1) is 24.5 Å². The minimum atomic E-state index is -1.99. The van der Waals surface area contributed by atoms with Gasteiger partial charge in [0.2, 0.25) is 5.79 Å². The van der Waals surface area contributed by atoms with Crippen molar-refractivity contribution >= 4 is 0 Å². The molecule has 8 nitrogen and oxygen atoms in total. The van der Waals surface area contributed by atoms with Crippen LogP contribution in [0.15, 0.2) is 24.4 Å². The van der Waals surface area contributed by atoms with E-state index in [-0.39, 0.29) is 29.8 Å². The zero-order valence-corrected chi connectivity index (χ0v) is 18.9. The standard InChI is InChI=1S/C25H31N3O5/c1-22(2)9-8-15(29)23-11-33-25(32,20(31)17(22)23)24-14(23)7-6-12(19(24)30)16-18(24)28-21(27-16)13-5-3-4-10-26-13/h3-5,10,12,14-15,17,19-20,29-32H,6-9,11H2,1-2H3,(H,27,28)/t12-,14?,15-,17?,19+,20-,23+,24?,25-/m0/s1. The summed E-state index contributed by atoms with van der Waals surface area (Å²) in [4.78, 5) is 12.7. The van der Waals surface area contributed by atoms with Crippen LogP contribution in [0.4, 0.5) is 0 Å². The predicted octanol–water partition coefficient (Wildman–Crippen LogP) is 1.45. The SMILES string of the molecule is CC1(C)CC[C@H](O)[C@]23CO[C@@](O)([C@@H](O)C12)C12c4nc(-c5ccccn5)[nH]c4[C@H](CCC13)[C@H]2O. The van der Waals surface area contributed by atoms with Crippen molar-refractivity contribution in [2.75, 3.05) is 6.61 Å². The summed E-state index contributed by atoms with van der Waals surface area (Å²) in [6.07, 6.45) is 1.63. The van der Waals surface area contributed by atoms with Crippen molar-refractivity contribution < 1.29 is 25.2 Å². The van der Waals surface area contributed by atoms with Crippen LogP contribution in [0.5, 0.6) is 0 Å². The summed E-state index contributed by atoms with van der Waals surface area (Å²) in [6.45, 7) is 4.40. The molecule has 0 amide bonds. The van der Waals surface area contributed by atoms with E-state index in [1.165, 1.54) is 0 Å². The molecule has 4 bridgehead atoms. The smallest absolute Gasteiger partial charge is 0.206 e. The van der Waals surface area contributed by atoms with E-state index < -0.39 is 34.9 Å². The summed E-state index contributed by atoms with van der Waals surface area (Å²) >= 11 is 0. The molecule has 2 aromatic heterocycles. The molecular formula is C25H31N3O5. The topological polar surface area (TPSA) is 132 Å². The molecule has 2 saturated heterocycles. The van der Waals surface area contributed by atoms with Crippen LogP contribution in [0.25, 0.3) is 11.5 Å². The van der Waals surface area contributed by atoms with Gasteiger partial charge in [0.25, 0.3) is 0 Å². The zero-order chi connectivity index (χ0) is 23.0. The third kappa shape index (κ3) is 2.01. The average Bonchev–Trinajstić information content (AvgIpc) is 3.27. The van der Waals surface area contributed by atoms with Crippen LogP contribution in [0.2, 0.25) is 0 Å². The Morgan fingerprint density at radius 3 is 2.67 bits per heavy atom. The highest BCUT2D eigenvalue weighted by molar-refractivity contribution is 5.56. The maximum atomic E-state index is 12.2. The molecule has 0 aromatic carbocycles. The van der Waals surface area contributed by atoms with Crippen LogP contribution in [0, 0.1) is 22.7 Å². The molecule has 4 heterocycles. The lowest BCUT2D eigenvalue weighted by molar-refractivity contribution is -0.449. The third-order valence-corrected chi connectivity index (χ3v) is 10.2. The molecule has 0 radical (unpaired) electrons. The highest BCUT2D eigenvalue weighted by atomic mass is 16.6. The molecule has 33 heavy (non-hydrogen) atoms. The van der Waals surface area contributed by atoms with E-state index in [0.717, 1.165) is 25.0 Å². The maximum absolute atomic E-state index is 12.2. The van der Waals surface area contributed by atoms with E-state index in [9.17, 15) is 20.4 Å². The van der Waals surface area contributed by atoms with Crippen LogP contribution >= 0.6 is 0 Å². The van der Waals surface area contributed by atoms with Gasteiger partial charge in [-0.15, -0.1) is 0 Å². The van der Waals surface area contributed by atoms with Crippen molar-refractivity contribution in [3.05, 3.63) is 35.8 Å². The number of aliphatic hydroxyl groups excluding tert-OH is 3. The number of hydrogen-bond donors (Lipinski definition) is 5. The second-order valence-electron chi connectivity index (χ2n) is 11.7. The van der Waals surface area contributed by atoms with Gasteiger partial charge in [-0.1, -0.05) is 19.9 Å². The first-order chi connectivity index (χ1) is 15.7. The van der Waals surface area contributed by atoms with Gasteiger partial charge in [0.1, 0.15) is 17.2 Å². The molecular weight excluding hydrogens is 422 g/mol. The number of aliphatic hydroxyl groups is 4. The molecule has 4 aliphatic carbocycles. The van der Waals surface area contributed by atoms with Crippen molar-refractivity contribution in [2.24, 2.45) is 22.7 Å². The summed E-state index contributed by atoms with van der Waals surface area (Å²) in [6, 6.07) is 5.59. The van der Waals surface area contributed by atoms with E-state index in [1.807, 2.05) is 18.2 Å². The third-order valence-electron chi connectivity index (χ3n) is 10.2. The van der Waals surface area contributed by atoms with Gasteiger partial charge in [-0.2, -0.15) is 0 Å². The number of hydrogen-bond acceptors (Lipinski definition) is 7. The fourth-order valence-electron chi connectivity index (χ4n) is 9.02. The first-order valence-electron chi connectivity index (χ1n) is 12.1. The van der Waals surface area contributed by atoms with Gasteiger partial charge in [-0.25, -0.2) is 4.98 Å². The molecule has 9 atom stereocenters. The lowest BCUT2D eigenvalue weighted by atomic mass is 9.35. The minimum Gasteiger partial charge on any atom is -0.392 e. The number of ether oxygens (including phenoxy) is 1. The number of rotatable bonds is 1. The second-order valence-corrected chi connectivity index (χ2v) is 11.7. The number of pyridine rings is 1. The molecule has 2 aliphatic heterocycles. The number of aromatic nitrogens is 3. The fourth-order valence-corrected chi connectivity index (χ4v) is 9.02. The highest BCUT2D eigenvalue weighted by Crippen LogP contribution is 2.76. The Kier molecular flexibility index (Phi) is 3.76. The number of H-pyrrole nitrogens is 1. The van der Waals surface area contributed by atoms with E-state index in [1.54, 1.807) is 6.20 Å². The highest BCUT2D eigenvalue weighted by Gasteiger charge is 2.85. The van der Waals surface area contributed by atoms with Crippen molar-refractivity contribution in [3.63, 3.8) is 0 Å².